The highest BCUT2D eigenvalue weighted by Gasteiger charge is 2.16. The predicted molar refractivity (Wildman–Crippen MR) is 70.4 cm³/mol. The minimum atomic E-state index is -0.937. The summed E-state index contributed by atoms with van der Waals surface area (Å²) in [6, 6.07) is 6.29. The number of carboxylic acid groups (broad SMARTS) is 1. The molecule has 18 heavy (non-hydrogen) atoms. The molecule has 1 unspecified atom stereocenters. The molecule has 96 valence electrons. The number of ether oxygens (including phenoxy) is 1. The molecule has 0 amide bonds. The van der Waals surface area contributed by atoms with Crippen molar-refractivity contribution in [1.29, 1.82) is 5.26 Å². The van der Waals surface area contributed by atoms with E-state index in [1.807, 2.05) is 6.07 Å². The zero-order valence-corrected chi connectivity index (χ0v) is 11.4. The van der Waals surface area contributed by atoms with E-state index in [0.717, 1.165) is 0 Å². The Labute approximate surface area is 114 Å². The number of nitrogens with zero attached hydrogens (tertiary/aromatic N) is 1. The van der Waals surface area contributed by atoms with Crippen molar-refractivity contribution in [2.45, 2.75) is 12.5 Å². The van der Waals surface area contributed by atoms with E-state index in [9.17, 15) is 4.79 Å². The maximum Gasteiger partial charge on any atom is 0.326 e. The highest BCUT2D eigenvalue weighted by molar-refractivity contribution is 9.10. The number of rotatable bonds is 6. The summed E-state index contributed by atoms with van der Waals surface area (Å²) in [7, 11) is 1.53. The summed E-state index contributed by atoms with van der Waals surface area (Å²) < 4.78 is 5.50. The zero-order chi connectivity index (χ0) is 13.5. The van der Waals surface area contributed by atoms with Crippen molar-refractivity contribution < 1.29 is 14.6 Å². The SMILES string of the molecule is COCCC(Nc1ccc(C#N)c(Br)c1)C(=O)O. The lowest BCUT2D eigenvalue weighted by molar-refractivity contribution is -0.138. The molecule has 0 aliphatic rings. The van der Waals surface area contributed by atoms with Gasteiger partial charge in [-0.15, -0.1) is 0 Å². The van der Waals surface area contributed by atoms with Gasteiger partial charge in [-0.1, -0.05) is 0 Å². The summed E-state index contributed by atoms with van der Waals surface area (Å²) in [5.74, 6) is -0.937. The highest BCUT2D eigenvalue weighted by atomic mass is 79.9. The number of carboxylic acids is 1. The van der Waals surface area contributed by atoms with Gasteiger partial charge in [0.1, 0.15) is 12.1 Å². The molecule has 1 aromatic rings. The first-order valence-corrected chi connectivity index (χ1v) is 6.05. The lowest BCUT2D eigenvalue weighted by Gasteiger charge is -2.15. The van der Waals surface area contributed by atoms with E-state index in [0.29, 0.717) is 28.8 Å². The number of hydrogen-bond acceptors (Lipinski definition) is 4. The third-order valence-corrected chi connectivity index (χ3v) is 3.00. The molecule has 2 N–H and O–H groups in total. The van der Waals surface area contributed by atoms with E-state index in [-0.39, 0.29) is 0 Å². The second kappa shape index (κ2) is 6.99. The van der Waals surface area contributed by atoms with E-state index >= 15 is 0 Å². The van der Waals surface area contributed by atoms with Gasteiger partial charge < -0.3 is 15.2 Å². The average Bonchev–Trinajstić information content (AvgIpc) is 2.34. The van der Waals surface area contributed by atoms with Crippen molar-refractivity contribution in [3.8, 4) is 6.07 Å². The molecule has 0 heterocycles. The van der Waals surface area contributed by atoms with Crippen molar-refractivity contribution in [2.24, 2.45) is 0 Å². The Morgan fingerprint density at radius 2 is 2.39 bits per heavy atom. The number of hydrogen-bond donors (Lipinski definition) is 2. The molecule has 0 fully saturated rings. The summed E-state index contributed by atoms with van der Waals surface area (Å²) in [6.07, 6.45) is 0.365. The molecule has 0 radical (unpaired) electrons. The fourth-order valence-corrected chi connectivity index (χ4v) is 1.86. The summed E-state index contributed by atoms with van der Waals surface area (Å²) in [5.41, 5.74) is 1.15. The lowest BCUT2D eigenvalue weighted by Crippen LogP contribution is -2.30. The van der Waals surface area contributed by atoms with Gasteiger partial charge in [-0.2, -0.15) is 5.26 Å². The number of benzene rings is 1. The smallest absolute Gasteiger partial charge is 0.326 e. The Bertz CT molecular complexity index is 471. The standard InChI is InChI=1S/C12H13BrN2O3/c1-18-5-4-11(12(16)17)15-9-3-2-8(7-14)10(13)6-9/h2-3,6,11,15H,4-5H2,1H3,(H,16,17). The molecule has 0 saturated heterocycles. The molecule has 1 aromatic carbocycles. The van der Waals surface area contributed by atoms with Crippen LogP contribution >= 0.6 is 15.9 Å². The number of nitrogens with one attached hydrogen (secondary N) is 1. The van der Waals surface area contributed by atoms with Crippen LogP contribution in [0.3, 0.4) is 0 Å². The van der Waals surface area contributed by atoms with Crippen LogP contribution in [0.25, 0.3) is 0 Å². The van der Waals surface area contributed by atoms with Gasteiger partial charge in [0.25, 0.3) is 0 Å². The predicted octanol–water partition coefficient (Wildman–Crippen LogP) is 2.22. The molecule has 5 nitrogen and oxygen atoms in total. The topological polar surface area (TPSA) is 82.3 Å². The fourth-order valence-electron chi connectivity index (χ4n) is 1.39. The number of halogens is 1. The van der Waals surface area contributed by atoms with E-state index in [1.165, 1.54) is 7.11 Å². The zero-order valence-electron chi connectivity index (χ0n) is 9.81. The first-order chi connectivity index (χ1) is 8.58. The van der Waals surface area contributed by atoms with Crippen molar-refractivity contribution in [3.05, 3.63) is 28.2 Å². The maximum absolute atomic E-state index is 11.0. The quantitative estimate of drug-likeness (QED) is 0.841. The molecular formula is C12H13BrN2O3. The summed E-state index contributed by atoms with van der Waals surface area (Å²) in [5, 5.41) is 20.7. The molecule has 0 spiro atoms. The molecule has 1 atom stereocenters. The average molecular weight is 313 g/mol. The van der Waals surface area contributed by atoms with E-state index < -0.39 is 12.0 Å². The fraction of sp³-hybridized carbons (Fsp3) is 0.333. The minimum absolute atomic E-state index is 0.363. The van der Waals surface area contributed by atoms with E-state index in [1.54, 1.807) is 18.2 Å². The molecule has 6 heteroatoms. The Hall–Kier alpha value is -1.58. The molecule has 0 bridgehead atoms. The summed E-state index contributed by atoms with van der Waals surface area (Å²) in [4.78, 5) is 11.0. The van der Waals surface area contributed by atoms with Crippen molar-refractivity contribution in [3.63, 3.8) is 0 Å². The van der Waals surface area contributed by atoms with Crippen molar-refractivity contribution in [2.75, 3.05) is 19.0 Å². The van der Waals surface area contributed by atoms with Gasteiger partial charge in [0.05, 0.1) is 5.56 Å². The Morgan fingerprint density at radius 1 is 1.67 bits per heavy atom. The van der Waals surface area contributed by atoms with E-state index in [4.69, 9.17) is 15.1 Å². The van der Waals surface area contributed by atoms with Gasteiger partial charge in [-0.05, 0) is 34.1 Å². The van der Waals surface area contributed by atoms with Gasteiger partial charge in [-0.25, -0.2) is 4.79 Å². The number of aliphatic carboxylic acids is 1. The molecular weight excluding hydrogens is 300 g/mol. The van der Waals surface area contributed by atoms with Gasteiger partial charge >= 0.3 is 5.97 Å². The van der Waals surface area contributed by atoms with Crippen LogP contribution in [0, 0.1) is 11.3 Å². The van der Waals surface area contributed by atoms with Crippen LogP contribution in [0.15, 0.2) is 22.7 Å². The largest absolute Gasteiger partial charge is 0.480 e. The van der Waals surface area contributed by atoms with Gasteiger partial charge in [0.15, 0.2) is 0 Å². The lowest BCUT2D eigenvalue weighted by atomic mass is 10.1. The first-order valence-electron chi connectivity index (χ1n) is 5.26. The number of anilines is 1. The molecule has 0 aliphatic carbocycles. The van der Waals surface area contributed by atoms with Crippen LogP contribution in [-0.2, 0) is 9.53 Å². The van der Waals surface area contributed by atoms with Gasteiger partial charge in [0.2, 0.25) is 0 Å². The highest BCUT2D eigenvalue weighted by Crippen LogP contribution is 2.21. The minimum Gasteiger partial charge on any atom is -0.480 e. The monoisotopic (exact) mass is 312 g/mol. The number of carbonyl (C=O) groups is 1. The third-order valence-electron chi connectivity index (χ3n) is 2.34. The Kier molecular flexibility index (Phi) is 5.62. The number of methoxy groups -OCH3 is 1. The Morgan fingerprint density at radius 3 is 2.89 bits per heavy atom. The normalized spacial score (nSPS) is 11.6. The van der Waals surface area contributed by atoms with Crippen LogP contribution in [0.1, 0.15) is 12.0 Å². The van der Waals surface area contributed by atoms with Gasteiger partial charge in [0, 0.05) is 30.3 Å². The van der Waals surface area contributed by atoms with Crippen LogP contribution in [0.4, 0.5) is 5.69 Å². The molecule has 0 aliphatic heterocycles. The van der Waals surface area contributed by atoms with Gasteiger partial charge in [-0.3, -0.25) is 0 Å². The molecule has 1 rings (SSSR count). The van der Waals surface area contributed by atoms with Crippen LogP contribution in [0.5, 0.6) is 0 Å². The second-order valence-electron chi connectivity index (χ2n) is 3.62. The molecule has 0 saturated carbocycles. The van der Waals surface area contributed by atoms with Crippen molar-refractivity contribution in [1.82, 2.24) is 0 Å². The Balaban J connectivity index is 2.78. The number of nitriles is 1. The van der Waals surface area contributed by atoms with Crippen LogP contribution < -0.4 is 5.32 Å². The summed E-state index contributed by atoms with van der Waals surface area (Å²) in [6.45, 7) is 0.363. The summed E-state index contributed by atoms with van der Waals surface area (Å²) >= 11 is 3.25. The maximum atomic E-state index is 11.0. The third kappa shape index (κ3) is 4.02. The molecule has 0 aromatic heterocycles. The van der Waals surface area contributed by atoms with Crippen LogP contribution in [-0.4, -0.2) is 30.8 Å². The first kappa shape index (κ1) is 14.5. The van der Waals surface area contributed by atoms with Crippen LogP contribution in [0.2, 0.25) is 0 Å². The van der Waals surface area contributed by atoms with Crippen molar-refractivity contribution >= 4 is 27.6 Å². The second-order valence-corrected chi connectivity index (χ2v) is 4.48. The van der Waals surface area contributed by atoms with E-state index in [2.05, 4.69) is 21.2 Å².